The summed E-state index contributed by atoms with van der Waals surface area (Å²) < 4.78 is 5.16. The van der Waals surface area contributed by atoms with Crippen molar-refractivity contribution in [2.75, 3.05) is 0 Å². The van der Waals surface area contributed by atoms with E-state index in [0.717, 1.165) is 0 Å². The van der Waals surface area contributed by atoms with Crippen LogP contribution in [0.1, 0.15) is 41.0 Å². The minimum Gasteiger partial charge on any atom is -0.460 e. The molecule has 2 N–H and O–H groups in total. The molecule has 0 heterocycles. The van der Waals surface area contributed by atoms with Crippen LogP contribution in [0.15, 0.2) is 0 Å². The van der Waals surface area contributed by atoms with Crippen molar-refractivity contribution in [2.45, 2.75) is 52.7 Å². The van der Waals surface area contributed by atoms with Crippen LogP contribution in [0, 0.1) is 5.92 Å². The quantitative estimate of drug-likeness (QED) is 0.684. The zero-order valence-electron chi connectivity index (χ0n) is 9.26. The Labute approximate surface area is 80.6 Å². The van der Waals surface area contributed by atoms with Crippen LogP contribution in [-0.4, -0.2) is 17.6 Å². The first-order chi connectivity index (χ1) is 5.72. The lowest BCUT2D eigenvalue weighted by Crippen LogP contribution is -2.30. The molecule has 3 nitrogen and oxygen atoms in total. The Morgan fingerprint density at radius 2 is 1.85 bits per heavy atom. The van der Waals surface area contributed by atoms with Crippen molar-refractivity contribution in [2.24, 2.45) is 11.7 Å². The van der Waals surface area contributed by atoms with Gasteiger partial charge in [0.25, 0.3) is 0 Å². The summed E-state index contributed by atoms with van der Waals surface area (Å²) in [5, 5.41) is 0. The molecule has 0 aromatic rings. The van der Waals surface area contributed by atoms with E-state index in [9.17, 15) is 4.79 Å². The van der Waals surface area contributed by atoms with Gasteiger partial charge in [0.1, 0.15) is 5.60 Å². The third kappa shape index (κ3) is 6.58. The van der Waals surface area contributed by atoms with Crippen LogP contribution >= 0.6 is 0 Å². The fraction of sp³-hybridized carbons (Fsp3) is 0.900. The molecule has 0 amide bonds. The molecule has 78 valence electrons. The van der Waals surface area contributed by atoms with E-state index in [1.807, 2.05) is 34.6 Å². The van der Waals surface area contributed by atoms with Crippen LogP contribution < -0.4 is 5.73 Å². The molecule has 0 saturated carbocycles. The number of hydrogen-bond donors (Lipinski definition) is 1. The second-order valence-electron chi connectivity index (χ2n) is 4.63. The van der Waals surface area contributed by atoms with Gasteiger partial charge in [-0.1, -0.05) is 6.92 Å². The maximum absolute atomic E-state index is 11.3. The van der Waals surface area contributed by atoms with Crippen molar-refractivity contribution in [1.82, 2.24) is 0 Å². The van der Waals surface area contributed by atoms with Gasteiger partial charge in [-0.15, -0.1) is 0 Å². The Hall–Kier alpha value is -0.570. The van der Waals surface area contributed by atoms with Gasteiger partial charge in [-0.2, -0.15) is 0 Å². The average molecular weight is 187 g/mol. The van der Waals surface area contributed by atoms with Gasteiger partial charge in [-0.3, -0.25) is 4.79 Å². The van der Waals surface area contributed by atoms with E-state index in [2.05, 4.69) is 0 Å². The first-order valence-electron chi connectivity index (χ1n) is 4.70. The molecule has 0 radical (unpaired) electrons. The largest absolute Gasteiger partial charge is 0.460 e. The molecule has 0 aromatic heterocycles. The second-order valence-corrected chi connectivity index (χ2v) is 4.63. The van der Waals surface area contributed by atoms with E-state index in [0.29, 0.717) is 6.42 Å². The predicted octanol–water partition coefficient (Wildman–Crippen LogP) is 1.70. The Bertz CT molecular complexity index is 170. The first kappa shape index (κ1) is 12.4. The van der Waals surface area contributed by atoms with Crippen molar-refractivity contribution in [3.05, 3.63) is 0 Å². The molecule has 1 unspecified atom stereocenters. The van der Waals surface area contributed by atoms with Crippen molar-refractivity contribution in [3.63, 3.8) is 0 Å². The van der Waals surface area contributed by atoms with Crippen LogP contribution in [0.4, 0.5) is 0 Å². The van der Waals surface area contributed by atoms with E-state index in [1.54, 1.807) is 0 Å². The molecule has 0 rings (SSSR count). The highest BCUT2D eigenvalue weighted by atomic mass is 16.6. The Morgan fingerprint density at radius 3 is 2.15 bits per heavy atom. The van der Waals surface area contributed by atoms with Crippen LogP contribution in [-0.2, 0) is 9.53 Å². The molecule has 3 heteroatoms. The number of carbonyl (C=O) groups excluding carboxylic acids is 1. The first-order valence-corrected chi connectivity index (χ1v) is 4.70. The zero-order valence-corrected chi connectivity index (χ0v) is 9.26. The molecule has 0 aromatic carbocycles. The monoisotopic (exact) mass is 187 g/mol. The van der Waals surface area contributed by atoms with Gasteiger partial charge in [0.05, 0.1) is 0 Å². The highest BCUT2D eigenvalue weighted by Crippen LogP contribution is 2.12. The summed E-state index contributed by atoms with van der Waals surface area (Å²) in [4.78, 5) is 11.3. The van der Waals surface area contributed by atoms with Crippen LogP contribution in [0.25, 0.3) is 0 Å². The maximum Gasteiger partial charge on any atom is 0.306 e. The normalized spacial score (nSPS) is 16.5. The average Bonchev–Trinajstić information content (AvgIpc) is 1.81. The van der Waals surface area contributed by atoms with Crippen molar-refractivity contribution in [3.8, 4) is 0 Å². The van der Waals surface area contributed by atoms with Crippen LogP contribution in [0.3, 0.4) is 0 Å². The second kappa shape index (κ2) is 4.61. The topological polar surface area (TPSA) is 52.3 Å². The third-order valence-corrected chi connectivity index (χ3v) is 1.81. The molecular weight excluding hydrogens is 166 g/mol. The smallest absolute Gasteiger partial charge is 0.306 e. The number of carbonyl (C=O) groups is 1. The minimum absolute atomic E-state index is 0.0347. The SMILES string of the molecule is CC(N)[C@@H](C)CC(=O)OC(C)(C)C. The Morgan fingerprint density at radius 1 is 1.38 bits per heavy atom. The molecule has 0 aliphatic rings. The van der Waals surface area contributed by atoms with E-state index < -0.39 is 5.60 Å². The summed E-state index contributed by atoms with van der Waals surface area (Å²) in [6.45, 7) is 9.44. The van der Waals surface area contributed by atoms with Crippen LogP contribution in [0.5, 0.6) is 0 Å². The molecule has 0 bridgehead atoms. The molecule has 0 spiro atoms. The number of rotatable bonds is 3. The molecule has 2 atom stereocenters. The lowest BCUT2D eigenvalue weighted by Gasteiger charge is -2.21. The van der Waals surface area contributed by atoms with Gasteiger partial charge >= 0.3 is 5.97 Å². The Balaban J connectivity index is 3.89. The summed E-state index contributed by atoms with van der Waals surface area (Å²) >= 11 is 0. The maximum atomic E-state index is 11.3. The van der Waals surface area contributed by atoms with Crippen molar-refractivity contribution in [1.29, 1.82) is 0 Å². The Kier molecular flexibility index (Phi) is 4.40. The minimum atomic E-state index is -0.394. The summed E-state index contributed by atoms with van der Waals surface area (Å²) in [6, 6.07) is 0.0347. The fourth-order valence-corrected chi connectivity index (χ4v) is 0.832. The van der Waals surface area contributed by atoms with Gasteiger partial charge < -0.3 is 10.5 Å². The van der Waals surface area contributed by atoms with Gasteiger partial charge in [0, 0.05) is 12.5 Å². The summed E-state index contributed by atoms with van der Waals surface area (Å²) in [5.74, 6) is 0.00662. The summed E-state index contributed by atoms with van der Waals surface area (Å²) in [7, 11) is 0. The van der Waals surface area contributed by atoms with Gasteiger partial charge in [-0.05, 0) is 33.6 Å². The van der Waals surface area contributed by atoms with Gasteiger partial charge in [0.15, 0.2) is 0 Å². The predicted molar refractivity (Wildman–Crippen MR) is 53.3 cm³/mol. The van der Waals surface area contributed by atoms with Crippen LogP contribution in [0.2, 0.25) is 0 Å². The number of nitrogens with two attached hydrogens (primary N) is 1. The van der Waals surface area contributed by atoms with Crippen molar-refractivity contribution >= 4 is 5.97 Å². The third-order valence-electron chi connectivity index (χ3n) is 1.81. The zero-order chi connectivity index (χ0) is 10.6. The fourth-order valence-electron chi connectivity index (χ4n) is 0.832. The van der Waals surface area contributed by atoms with E-state index in [1.165, 1.54) is 0 Å². The van der Waals surface area contributed by atoms with Crippen molar-refractivity contribution < 1.29 is 9.53 Å². The van der Waals surface area contributed by atoms with E-state index in [4.69, 9.17) is 10.5 Å². The van der Waals surface area contributed by atoms with E-state index >= 15 is 0 Å². The lowest BCUT2D eigenvalue weighted by molar-refractivity contribution is -0.155. The highest BCUT2D eigenvalue weighted by molar-refractivity contribution is 5.70. The summed E-state index contributed by atoms with van der Waals surface area (Å²) in [6.07, 6.45) is 0.398. The highest BCUT2D eigenvalue weighted by Gasteiger charge is 2.19. The molecule has 0 saturated heterocycles. The molecule has 0 fully saturated rings. The molecule has 13 heavy (non-hydrogen) atoms. The molecule has 0 aliphatic heterocycles. The van der Waals surface area contributed by atoms with Gasteiger partial charge in [0.2, 0.25) is 0 Å². The molecule has 0 aliphatic carbocycles. The lowest BCUT2D eigenvalue weighted by atomic mass is 10.0. The molecular formula is C10H21NO2. The number of ether oxygens (including phenoxy) is 1. The number of hydrogen-bond acceptors (Lipinski definition) is 3. The van der Waals surface area contributed by atoms with Gasteiger partial charge in [-0.25, -0.2) is 0 Å². The standard InChI is InChI=1S/C10H21NO2/c1-7(8(2)11)6-9(12)13-10(3,4)5/h7-8H,6,11H2,1-5H3/t7-,8?/m0/s1. The number of esters is 1. The summed E-state index contributed by atoms with van der Waals surface area (Å²) in [5.41, 5.74) is 5.25. The van der Waals surface area contributed by atoms with E-state index in [-0.39, 0.29) is 17.9 Å².